The molecule has 5 heteroatoms. The molecule has 0 radical (unpaired) electrons. The molecule has 0 saturated heterocycles. The van der Waals surface area contributed by atoms with Crippen LogP contribution in [0.3, 0.4) is 0 Å². The fraction of sp³-hybridized carbons (Fsp3) is 0.0714. The average molecular weight is 438 g/mol. The molecule has 0 aliphatic heterocycles. The summed E-state index contributed by atoms with van der Waals surface area (Å²) in [5.74, 6) is -1.45. The van der Waals surface area contributed by atoms with Crippen molar-refractivity contribution in [1.82, 2.24) is 0 Å². The summed E-state index contributed by atoms with van der Waals surface area (Å²) in [4.78, 5) is 25.5. The number of para-hydroxylation sites is 2. The lowest BCUT2D eigenvalue weighted by Gasteiger charge is -2.12. The molecule has 0 saturated carbocycles. The van der Waals surface area contributed by atoms with Crippen molar-refractivity contribution >= 4 is 11.9 Å². The fourth-order valence-corrected chi connectivity index (χ4v) is 3.39. The van der Waals surface area contributed by atoms with Gasteiger partial charge in [0.1, 0.15) is 29.2 Å². The molecule has 0 amide bonds. The Morgan fingerprint density at radius 2 is 1.24 bits per heavy atom. The van der Waals surface area contributed by atoms with Crippen LogP contribution in [0.1, 0.15) is 37.4 Å². The van der Waals surface area contributed by atoms with Gasteiger partial charge >= 0.3 is 11.9 Å². The Hall–Kier alpha value is -4.38. The molecule has 5 nitrogen and oxygen atoms in total. The van der Waals surface area contributed by atoms with Crippen LogP contribution in [0.25, 0.3) is 0 Å². The molecule has 0 aromatic heterocycles. The molecule has 4 aromatic rings. The number of phenols is 1. The SMILES string of the molecule is O=C(OCc1ccccc1)c1ccccc1OC(=O)c1cccc(Cc2ccccc2)c1O. The number of esters is 2. The van der Waals surface area contributed by atoms with Gasteiger partial charge in [0.05, 0.1) is 0 Å². The summed E-state index contributed by atoms with van der Waals surface area (Å²) >= 11 is 0. The van der Waals surface area contributed by atoms with E-state index in [2.05, 4.69) is 0 Å². The first kappa shape index (κ1) is 21.8. The zero-order valence-corrected chi connectivity index (χ0v) is 17.8. The highest BCUT2D eigenvalue weighted by molar-refractivity contribution is 5.97. The summed E-state index contributed by atoms with van der Waals surface area (Å²) in [6, 6.07) is 30.2. The molecule has 0 aliphatic carbocycles. The molecule has 0 bridgehead atoms. The van der Waals surface area contributed by atoms with Gasteiger partial charge in [-0.3, -0.25) is 0 Å². The lowest BCUT2D eigenvalue weighted by Crippen LogP contribution is -2.13. The Morgan fingerprint density at radius 1 is 0.636 bits per heavy atom. The number of aromatic hydroxyl groups is 1. The molecule has 164 valence electrons. The lowest BCUT2D eigenvalue weighted by molar-refractivity contribution is 0.0467. The summed E-state index contributed by atoms with van der Waals surface area (Å²) in [5.41, 5.74) is 2.61. The third-order valence-electron chi connectivity index (χ3n) is 5.10. The monoisotopic (exact) mass is 438 g/mol. The molecule has 4 rings (SSSR count). The number of carbonyl (C=O) groups excluding carboxylic acids is 2. The Bertz CT molecular complexity index is 1250. The van der Waals surface area contributed by atoms with E-state index >= 15 is 0 Å². The maximum Gasteiger partial charge on any atom is 0.347 e. The van der Waals surface area contributed by atoms with Gasteiger partial charge in [0.2, 0.25) is 0 Å². The van der Waals surface area contributed by atoms with Crippen LogP contribution in [0.4, 0.5) is 0 Å². The molecule has 0 spiro atoms. The summed E-state index contributed by atoms with van der Waals surface area (Å²) in [7, 11) is 0. The van der Waals surface area contributed by atoms with E-state index in [-0.39, 0.29) is 29.2 Å². The standard InChI is InChI=1S/C28H22O5/c29-26-22(18-20-10-3-1-4-11-20)14-9-16-24(26)28(31)33-25-17-8-7-15-23(25)27(30)32-19-21-12-5-2-6-13-21/h1-17,29H,18-19H2. The Balaban J connectivity index is 1.50. The van der Waals surface area contributed by atoms with Gasteiger partial charge in [0.25, 0.3) is 0 Å². The van der Waals surface area contributed by atoms with Gasteiger partial charge in [0.15, 0.2) is 0 Å². The van der Waals surface area contributed by atoms with Crippen LogP contribution < -0.4 is 4.74 Å². The first-order valence-corrected chi connectivity index (χ1v) is 10.5. The second-order valence-corrected chi connectivity index (χ2v) is 7.42. The van der Waals surface area contributed by atoms with Crippen LogP contribution in [0.15, 0.2) is 103 Å². The number of phenolic OH excluding ortho intramolecular Hbond substituents is 1. The maximum absolute atomic E-state index is 12.9. The summed E-state index contributed by atoms with van der Waals surface area (Å²) in [6.45, 7) is 0.101. The maximum atomic E-state index is 12.9. The minimum atomic E-state index is -0.759. The number of hydrogen-bond donors (Lipinski definition) is 1. The zero-order chi connectivity index (χ0) is 23.0. The molecular weight excluding hydrogens is 416 g/mol. The number of ether oxygens (including phenoxy) is 2. The molecule has 0 fully saturated rings. The molecular formula is C28H22O5. The van der Waals surface area contributed by atoms with E-state index in [0.717, 1.165) is 11.1 Å². The van der Waals surface area contributed by atoms with E-state index in [0.29, 0.717) is 12.0 Å². The first-order valence-electron chi connectivity index (χ1n) is 10.5. The van der Waals surface area contributed by atoms with E-state index in [1.807, 2.05) is 60.7 Å². The largest absolute Gasteiger partial charge is 0.507 e. The van der Waals surface area contributed by atoms with E-state index in [4.69, 9.17) is 9.47 Å². The smallest absolute Gasteiger partial charge is 0.347 e. The Kier molecular flexibility index (Phi) is 6.81. The van der Waals surface area contributed by atoms with Crippen molar-refractivity contribution in [2.75, 3.05) is 0 Å². The van der Waals surface area contributed by atoms with E-state index in [9.17, 15) is 14.7 Å². The summed E-state index contributed by atoms with van der Waals surface area (Å²) < 4.78 is 10.9. The molecule has 4 aromatic carbocycles. The number of rotatable bonds is 7. The van der Waals surface area contributed by atoms with Gasteiger partial charge < -0.3 is 14.6 Å². The van der Waals surface area contributed by atoms with Gasteiger partial charge in [0, 0.05) is 6.42 Å². The van der Waals surface area contributed by atoms with Crippen LogP contribution in [-0.2, 0) is 17.8 Å². The fourth-order valence-electron chi connectivity index (χ4n) is 3.39. The van der Waals surface area contributed by atoms with Crippen molar-refractivity contribution in [3.63, 3.8) is 0 Å². The molecule has 33 heavy (non-hydrogen) atoms. The zero-order valence-electron chi connectivity index (χ0n) is 17.8. The topological polar surface area (TPSA) is 72.8 Å². The lowest BCUT2D eigenvalue weighted by atomic mass is 10.0. The Labute approximate surface area is 191 Å². The quantitative estimate of drug-likeness (QED) is 0.302. The van der Waals surface area contributed by atoms with Crippen molar-refractivity contribution in [1.29, 1.82) is 0 Å². The van der Waals surface area contributed by atoms with Crippen molar-refractivity contribution in [3.8, 4) is 11.5 Å². The van der Waals surface area contributed by atoms with E-state index in [1.54, 1.807) is 24.3 Å². The van der Waals surface area contributed by atoms with Crippen molar-refractivity contribution in [2.24, 2.45) is 0 Å². The van der Waals surface area contributed by atoms with Crippen LogP contribution >= 0.6 is 0 Å². The second-order valence-electron chi connectivity index (χ2n) is 7.42. The number of hydrogen-bond acceptors (Lipinski definition) is 5. The minimum absolute atomic E-state index is 0.0240. The van der Waals surface area contributed by atoms with E-state index < -0.39 is 11.9 Å². The van der Waals surface area contributed by atoms with Gasteiger partial charge in [-0.05, 0) is 34.9 Å². The van der Waals surface area contributed by atoms with Crippen molar-refractivity contribution in [2.45, 2.75) is 13.0 Å². The van der Waals surface area contributed by atoms with Crippen LogP contribution in [-0.4, -0.2) is 17.0 Å². The van der Waals surface area contributed by atoms with Crippen molar-refractivity contribution < 1.29 is 24.2 Å². The van der Waals surface area contributed by atoms with Gasteiger partial charge in [-0.1, -0.05) is 84.9 Å². The van der Waals surface area contributed by atoms with Gasteiger partial charge in [-0.25, -0.2) is 9.59 Å². The average Bonchev–Trinajstić information content (AvgIpc) is 2.85. The van der Waals surface area contributed by atoms with Gasteiger partial charge in [-0.2, -0.15) is 0 Å². The summed E-state index contributed by atoms with van der Waals surface area (Å²) in [6.07, 6.45) is 0.468. The third-order valence-corrected chi connectivity index (χ3v) is 5.10. The second kappa shape index (κ2) is 10.3. The molecule has 0 unspecified atom stereocenters. The number of carbonyl (C=O) groups is 2. The minimum Gasteiger partial charge on any atom is -0.507 e. The van der Waals surface area contributed by atoms with E-state index in [1.165, 1.54) is 18.2 Å². The summed E-state index contributed by atoms with van der Waals surface area (Å²) in [5, 5.41) is 10.7. The van der Waals surface area contributed by atoms with Crippen LogP contribution in [0, 0.1) is 0 Å². The molecule has 0 aliphatic rings. The highest BCUT2D eigenvalue weighted by Crippen LogP contribution is 2.27. The first-order chi connectivity index (χ1) is 16.1. The number of benzene rings is 4. The van der Waals surface area contributed by atoms with Gasteiger partial charge in [-0.15, -0.1) is 0 Å². The highest BCUT2D eigenvalue weighted by atomic mass is 16.5. The van der Waals surface area contributed by atoms with Crippen LogP contribution in [0.5, 0.6) is 11.5 Å². The molecule has 0 heterocycles. The normalized spacial score (nSPS) is 10.4. The highest BCUT2D eigenvalue weighted by Gasteiger charge is 2.20. The predicted octanol–water partition coefficient (Wildman–Crippen LogP) is 5.56. The third kappa shape index (κ3) is 5.46. The van der Waals surface area contributed by atoms with Crippen molar-refractivity contribution in [3.05, 3.63) is 131 Å². The van der Waals surface area contributed by atoms with Crippen LogP contribution in [0.2, 0.25) is 0 Å². The molecule has 0 atom stereocenters. The Morgan fingerprint density at radius 3 is 1.97 bits per heavy atom. The molecule has 1 N–H and O–H groups in total. The predicted molar refractivity (Wildman–Crippen MR) is 124 cm³/mol.